The number of para-hydroxylation sites is 1. The summed E-state index contributed by atoms with van der Waals surface area (Å²) in [6.45, 7) is 9.48. The molecule has 2 rings (SSSR count). The highest BCUT2D eigenvalue weighted by Gasteiger charge is 2.16. The molecule has 0 unspecified atom stereocenters. The van der Waals surface area contributed by atoms with Gasteiger partial charge in [0.05, 0.1) is 5.52 Å². The van der Waals surface area contributed by atoms with Crippen LogP contribution in [0, 0.1) is 11.3 Å². The fourth-order valence-electron chi connectivity index (χ4n) is 2.22. The van der Waals surface area contributed by atoms with E-state index in [-0.39, 0.29) is 17.5 Å². The number of nitrogens with one attached hydrogen (secondary N) is 2. The van der Waals surface area contributed by atoms with E-state index in [1.165, 1.54) is 6.20 Å². The van der Waals surface area contributed by atoms with Crippen molar-refractivity contribution in [2.45, 2.75) is 26.4 Å². The van der Waals surface area contributed by atoms with Crippen molar-refractivity contribution in [3.8, 4) is 6.07 Å². The fraction of sp³-hybridized carbons (Fsp3) is 0.278. The van der Waals surface area contributed by atoms with Crippen LogP contribution in [-0.2, 0) is 4.74 Å². The molecule has 0 aliphatic rings. The van der Waals surface area contributed by atoms with Crippen molar-refractivity contribution in [3.63, 3.8) is 0 Å². The van der Waals surface area contributed by atoms with E-state index >= 15 is 0 Å². The summed E-state index contributed by atoms with van der Waals surface area (Å²) in [5.74, 6) is 0. The zero-order valence-corrected chi connectivity index (χ0v) is 13.9. The van der Waals surface area contributed by atoms with Crippen LogP contribution in [0.25, 0.3) is 16.5 Å². The summed E-state index contributed by atoms with van der Waals surface area (Å²) in [7, 11) is 0. The second kappa shape index (κ2) is 6.59. The molecule has 1 aromatic heterocycles. The average Bonchev–Trinajstić information content (AvgIpc) is 2.51. The lowest BCUT2D eigenvalue weighted by Gasteiger charge is -2.20. The summed E-state index contributed by atoms with van der Waals surface area (Å²) < 4.78 is 5.18. The number of hydrogen-bond acceptors (Lipinski definition) is 4. The number of nitriles is 1. The van der Waals surface area contributed by atoms with Crippen LogP contribution in [0.4, 0.5) is 4.79 Å². The molecule has 124 valence electrons. The maximum absolute atomic E-state index is 12.2. The molecule has 1 aromatic carbocycles. The molecule has 2 aromatic rings. The van der Waals surface area contributed by atoms with Crippen LogP contribution in [0.15, 0.2) is 35.8 Å². The molecule has 6 heteroatoms. The highest BCUT2D eigenvalue weighted by molar-refractivity contribution is 5.91. The lowest BCUT2D eigenvalue weighted by molar-refractivity contribution is 0.0535. The van der Waals surface area contributed by atoms with Crippen molar-refractivity contribution < 1.29 is 9.53 Å². The molecule has 1 amide bonds. The number of ether oxygens (including phenoxy) is 1. The van der Waals surface area contributed by atoms with Gasteiger partial charge in [-0.25, -0.2) is 4.79 Å². The maximum Gasteiger partial charge on any atom is 0.407 e. The highest BCUT2D eigenvalue weighted by Crippen LogP contribution is 2.20. The zero-order chi connectivity index (χ0) is 17.9. The SMILES string of the molecule is C=C(CNC(=O)OC(C)(C)C)c1cccc2c(=O)c(C#N)c[nH]c12. The van der Waals surface area contributed by atoms with Gasteiger partial charge in [0.25, 0.3) is 0 Å². The summed E-state index contributed by atoms with van der Waals surface area (Å²) in [6.07, 6.45) is 0.840. The van der Waals surface area contributed by atoms with Crippen LogP contribution in [0.5, 0.6) is 0 Å². The van der Waals surface area contributed by atoms with Crippen molar-refractivity contribution in [2.75, 3.05) is 6.54 Å². The van der Waals surface area contributed by atoms with E-state index in [4.69, 9.17) is 10.00 Å². The number of benzene rings is 1. The number of hydrogen-bond donors (Lipinski definition) is 2. The second-order valence-electron chi connectivity index (χ2n) is 6.33. The smallest absolute Gasteiger partial charge is 0.407 e. The minimum absolute atomic E-state index is 0.0529. The normalized spacial score (nSPS) is 10.9. The van der Waals surface area contributed by atoms with Crippen LogP contribution >= 0.6 is 0 Å². The molecule has 6 nitrogen and oxygen atoms in total. The molecule has 2 N–H and O–H groups in total. The number of carbonyl (C=O) groups is 1. The quantitative estimate of drug-likeness (QED) is 0.907. The number of carbonyl (C=O) groups excluding carboxylic acids is 1. The molecule has 0 saturated carbocycles. The number of amides is 1. The summed E-state index contributed by atoms with van der Waals surface area (Å²) in [4.78, 5) is 26.9. The first-order valence-electron chi connectivity index (χ1n) is 7.42. The van der Waals surface area contributed by atoms with E-state index in [0.717, 1.165) is 0 Å². The predicted molar refractivity (Wildman–Crippen MR) is 92.6 cm³/mol. The van der Waals surface area contributed by atoms with Crippen molar-refractivity contribution in [1.29, 1.82) is 5.26 Å². The minimum Gasteiger partial charge on any atom is -0.444 e. The number of alkyl carbamates (subject to hydrolysis) is 1. The Hall–Kier alpha value is -3.07. The van der Waals surface area contributed by atoms with Gasteiger partial charge in [-0.1, -0.05) is 18.7 Å². The number of rotatable bonds is 3. The molecule has 0 bridgehead atoms. The number of nitrogens with zero attached hydrogens (tertiary/aromatic N) is 1. The molecular weight excluding hydrogens is 306 g/mol. The van der Waals surface area contributed by atoms with Gasteiger partial charge in [0.15, 0.2) is 0 Å². The Labute approximate surface area is 139 Å². The third-order valence-electron chi connectivity index (χ3n) is 3.26. The van der Waals surface area contributed by atoms with Crippen LogP contribution in [0.1, 0.15) is 31.9 Å². The Balaban J connectivity index is 2.25. The Bertz CT molecular complexity index is 898. The highest BCUT2D eigenvalue weighted by atomic mass is 16.6. The van der Waals surface area contributed by atoms with E-state index < -0.39 is 11.7 Å². The largest absolute Gasteiger partial charge is 0.444 e. The molecule has 0 saturated heterocycles. The van der Waals surface area contributed by atoms with Gasteiger partial charge in [-0.3, -0.25) is 4.79 Å². The van der Waals surface area contributed by atoms with Gasteiger partial charge >= 0.3 is 6.09 Å². The molecule has 0 aliphatic heterocycles. The third-order valence-corrected chi connectivity index (χ3v) is 3.26. The Morgan fingerprint density at radius 1 is 1.42 bits per heavy atom. The van der Waals surface area contributed by atoms with E-state index in [2.05, 4.69) is 16.9 Å². The van der Waals surface area contributed by atoms with Crippen LogP contribution < -0.4 is 10.7 Å². The van der Waals surface area contributed by atoms with Gasteiger partial charge in [0, 0.05) is 23.7 Å². The molecule has 0 atom stereocenters. The summed E-state index contributed by atoms with van der Waals surface area (Å²) in [5.41, 5.74) is 1.04. The number of aromatic nitrogens is 1. The van der Waals surface area contributed by atoms with Gasteiger partial charge in [-0.05, 0) is 32.4 Å². The Morgan fingerprint density at radius 2 is 2.12 bits per heavy atom. The number of fused-ring (bicyclic) bond motifs is 1. The van der Waals surface area contributed by atoms with Gasteiger partial charge in [-0.2, -0.15) is 5.26 Å². The van der Waals surface area contributed by atoms with Gasteiger partial charge in [0.1, 0.15) is 17.2 Å². The summed E-state index contributed by atoms with van der Waals surface area (Å²) in [5, 5.41) is 12.0. The van der Waals surface area contributed by atoms with Crippen molar-refractivity contribution in [1.82, 2.24) is 10.3 Å². The maximum atomic E-state index is 12.2. The molecule has 1 heterocycles. The Kier molecular flexibility index (Phi) is 4.74. The first-order valence-corrected chi connectivity index (χ1v) is 7.42. The monoisotopic (exact) mass is 325 g/mol. The van der Waals surface area contributed by atoms with E-state index in [1.54, 1.807) is 39.0 Å². The summed E-state index contributed by atoms with van der Waals surface area (Å²) in [6, 6.07) is 7.01. The molecule has 0 radical (unpaired) electrons. The van der Waals surface area contributed by atoms with Crippen LogP contribution in [0.2, 0.25) is 0 Å². The summed E-state index contributed by atoms with van der Waals surface area (Å²) >= 11 is 0. The number of H-pyrrole nitrogens is 1. The van der Waals surface area contributed by atoms with Crippen molar-refractivity contribution in [3.05, 3.63) is 52.3 Å². The molecule has 0 spiro atoms. The molecular formula is C18H19N3O3. The van der Waals surface area contributed by atoms with E-state index in [9.17, 15) is 9.59 Å². The van der Waals surface area contributed by atoms with E-state index in [0.29, 0.717) is 22.0 Å². The molecule has 24 heavy (non-hydrogen) atoms. The topological polar surface area (TPSA) is 95.0 Å². The predicted octanol–water partition coefficient (Wildman–Crippen LogP) is 2.94. The van der Waals surface area contributed by atoms with Crippen molar-refractivity contribution >= 4 is 22.6 Å². The fourth-order valence-corrected chi connectivity index (χ4v) is 2.22. The number of pyridine rings is 1. The van der Waals surface area contributed by atoms with E-state index in [1.807, 2.05) is 6.07 Å². The lowest BCUT2D eigenvalue weighted by atomic mass is 10.0. The van der Waals surface area contributed by atoms with Crippen LogP contribution in [-0.4, -0.2) is 23.2 Å². The zero-order valence-electron chi connectivity index (χ0n) is 13.9. The molecule has 0 fully saturated rings. The third kappa shape index (κ3) is 3.82. The second-order valence-corrected chi connectivity index (χ2v) is 6.33. The first-order chi connectivity index (χ1) is 11.2. The van der Waals surface area contributed by atoms with Gasteiger partial charge in [0.2, 0.25) is 5.43 Å². The van der Waals surface area contributed by atoms with Crippen LogP contribution in [0.3, 0.4) is 0 Å². The Morgan fingerprint density at radius 3 is 2.75 bits per heavy atom. The minimum atomic E-state index is -0.580. The van der Waals surface area contributed by atoms with Crippen molar-refractivity contribution in [2.24, 2.45) is 0 Å². The standard InChI is InChI=1S/C18H19N3O3/c1-11(9-21-17(23)24-18(2,3)4)13-6-5-7-14-15(13)20-10-12(8-19)16(14)22/h5-7,10H,1,9H2,2-4H3,(H,20,22)(H,21,23). The lowest BCUT2D eigenvalue weighted by Crippen LogP contribution is -2.33. The number of aromatic amines is 1. The molecule has 0 aliphatic carbocycles. The van der Waals surface area contributed by atoms with Gasteiger partial charge < -0.3 is 15.0 Å². The first kappa shape index (κ1) is 17.3. The average molecular weight is 325 g/mol. The van der Waals surface area contributed by atoms with Gasteiger partial charge in [-0.15, -0.1) is 0 Å².